The Balaban J connectivity index is 1.67. The van der Waals surface area contributed by atoms with Gasteiger partial charge in [0.25, 0.3) is 5.91 Å². The minimum atomic E-state index is -4.83. The summed E-state index contributed by atoms with van der Waals surface area (Å²) in [5, 5.41) is 0. The van der Waals surface area contributed by atoms with Gasteiger partial charge in [0.05, 0.1) is 27.7 Å². The Kier molecular flexibility index (Phi) is 4.74. The standard InChI is InChI=1S/C22H16F3N5O3/c1-29-5-7-30(8-6-29)21(33)12-9-14-15(10-13(12)22(23,24)25)28-17-18(27-14)20(32)16-11(19(17)31)3-2-4-26-16/h2-4,9-10H,5-8H2,1H3. The van der Waals surface area contributed by atoms with Gasteiger partial charge in [-0.15, -0.1) is 0 Å². The SMILES string of the molecule is CN1CCN(C(=O)c2cc3nc4c(nc3cc2C(F)(F)F)C(=O)c2cccnc2C4=O)CC1. The summed E-state index contributed by atoms with van der Waals surface area (Å²) in [6.45, 7) is 1.65. The van der Waals surface area contributed by atoms with Crippen molar-refractivity contribution in [3.05, 3.63) is 64.2 Å². The highest BCUT2D eigenvalue weighted by Crippen LogP contribution is 2.35. The quantitative estimate of drug-likeness (QED) is 0.434. The molecule has 0 saturated carbocycles. The van der Waals surface area contributed by atoms with Crippen molar-refractivity contribution in [2.24, 2.45) is 0 Å². The molecule has 8 nitrogen and oxygen atoms in total. The number of hydrogen-bond donors (Lipinski definition) is 0. The molecule has 1 amide bonds. The van der Waals surface area contributed by atoms with Gasteiger partial charge < -0.3 is 9.80 Å². The van der Waals surface area contributed by atoms with E-state index in [4.69, 9.17) is 0 Å². The van der Waals surface area contributed by atoms with Crippen molar-refractivity contribution in [3.63, 3.8) is 0 Å². The molecule has 0 spiro atoms. The first-order valence-electron chi connectivity index (χ1n) is 10.1. The Bertz CT molecular complexity index is 1350. The van der Waals surface area contributed by atoms with Crippen LogP contribution in [0.5, 0.6) is 0 Å². The molecule has 168 valence electrons. The van der Waals surface area contributed by atoms with Gasteiger partial charge >= 0.3 is 6.18 Å². The molecule has 3 heterocycles. The number of piperazine rings is 1. The van der Waals surface area contributed by atoms with Gasteiger partial charge in [-0.3, -0.25) is 19.4 Å². The zero-order valence-corrected chi connectivity index (χ0v) is 17.3. The first-order chi connectivity index (χ1) is 15.6. The number of carbonyl (C=O) groups is 3. The summed E-state index contributed by atoms with van der Waals surface area (Å²) < 4.78 is 41.7. The molecule has 11 heteroatoms. The van der Waals surface area contributed by atoms with Crippen LogP contribution in [0.4, 0.5) is 13.2 Å². The summed E-state index contributed by atoms with van der Waals surface area (Å²) in [6, 6.07) is 4.58. The van der Waals surface area contributed by atoms with Crippen LogP contribution in [0, 0.1) is 0 Å². The largest absolute Gasteiger partial charge is 0.417 e. The number of halogens is 3. The zero-order chi connectivity index (χ0) is 23.5. The molecule has 3 aromatic rings. The molecule has 1 fully saturated rings. The average molecular weight is 455 g/mol. The summed E-state index contributed by atoms with van der Waals surface area (Å²) in [5.74, 6) is -2.07. The molecule has 1 aromatic carbocycles. The molecular formula is C22H16F3N5O3. The van der Waals surface area contributed by atoms with Gasteiger partial charge in [0.1, 0.15) is 17.1 Å². The highest BCUT2D eigenvalue weighted by molar-refractivity contribution is 6.26. The molecule has 0 bridgehead atoms. The molecule has 0 atom stereocenters. The Morgan fingerprint density at radius 1 is 0.939 bits per heavy atom. The van der Waals surface area contributed by atoms with Crippen molar-refractivity contribution in [2.45, 2.75) is 6.18 Å². The maximum absolute atomic E-state index is 13.9. The van der Waals surface area contributed by atoms with Crippen molar-refractivity contribution in [2.75, 3.05) is 33.2 Å². The monoisotopic (exact) mass is 455 g/mol. The van der Waals surface area contributed by atoms with Crippen LogP contribution in [0.3, 0.4) is 0 Å². The Labute approximate surface area is 185 Å². The smallest absolute Gasteiger partial charge is 0.336 e. The average Bonchev–Trinajstić information content (AvgIpc) is 2.80. The molecule has 1 saturated heterocycles. The van der Waals surface area contributed by atoms with E-state index in [1.807, 2.05) is 11.9 Å². The molecule has 0 N–H and O–H groups in total. The van der Waals surface area contributed by atoms with Crippen LogP contribution in [0.1, 0.15) is 48.2 Å². The fourth-order valence-electron chi connectivity index (χ4n) is 4.02. The fraction of sp³-hybridized carbons (Fsp3) is 0.273. The van der Waals surface area contributed by atoms with Crippen molar-refractivity contribution in [1.82, 2.24) is 24.8 Å². The molecular weight excluding hydrogens is 439 g/mol. The van der Waals surface area contributed by atoms with Gasteiger partial charge in [0.2, 0.25) is 11.6 Å². The number of benzene rings is 1. The lowest BCUT2D eigenvalue weighted by Crippen LogP contribution is -2.47. The number of ketones is 2. The van der Waals surface area contributed by atoms with E-state index in [1.165, 1.54) is 23.2 Å². The lowest BCUT2D eigenvalue weighted by Gasteiger charge is -2.33. The van der Waals surface area contributed by atoms with E-state index in [9.17, 15) is 27.6 Å². The van der Waals surface area contributed by atoms with E-state index in [0.717, 1.165) is 6.07 Å². The molecule has 0 radical (unpaired) electrons. The highest BCUT2D eigenvalue weighted by atomic mass is 19.4. The Morgan fingerprint density at radius 2 is 1.58 bits per heavy atom. The first-order valence-corrected chi connectivity index (χ1v) is 10.1. The maximum atomic E-state index is 13.9. The van der Waals surface area contributed by atoms with Crippen LogP contribution in [-0.2, 0) is 6.18 Å². The second kappa shape index (κ2) is 7.41. The normalized spacial score (nSPS) is 16.7. The van der Waals surface area contributed by atoms with E-state index in [-0.39, 0.29) is 46.8 Å². The minimum absolute atomic E-state index is 0.0153. The molecule has 1 aliphatic heterocycles. The number of nitrogens with zero attached hydrogens (tertiary/aromatic N) is 5. The number of hydrogen-bond acceptors (Lipinski definition) is 7. The number of carbonyl (C=O) groups excluding carboxylic acids is 3. The summed E-state index contributed by atoms with van der Waals surface area (Å²) in [4.78, 5) is 54.1. The Hall–Kier alpha value is -3.73. The summed E-state index contributed by atoms with van der Waals surface area (Å²) >= 11 is 0. The van der Waals surface area contributed by atoms with Gasteiger partial charge in [-0.1, -0.05) is 0 Å². The van der Waals surface area contributed by atoms with Crippen LogP contribution in [0.25, 0.3) is 11.0 Å². The number of likely N-dealkylation sites (N-methyl/N-ethyl adjacent to an activating group) is 1. The summed E-state index contributed by atoms with van der Waals surface area (Å²) in [5.41, 5.74) is -2.75. The number of rotatable bonds is 1. The minimum Gasteiger partial charge on any atom is -0.336 e. The van der Waals surface area contributed by atoms with Crippen molar-refractivity contribution < 1.29 is 27.6 Å². The lowest BCUT2D eigenvalue weighted by molar-refractivity contribution is -0.137. The van der Waals surface area contributed by atoms with Crippen LogP contribution in [-0.4, -0.2) is 75.5 Å². The molecule has 1 aliphatic carbocycles. The van der Waals surface area contributed by atoms with Gasteiger partial charge in [-0.25, -0.2) is 9.97 Å². The fourth-order valence-corrected chi connectivity index (χ4v) is 4.02. The second-order valence-corrected chi connectivity index (χ2v) is 7.96. The van der Waals surface area contributed by atoms with Crippen LogP contribution < -0.4 is 0 Å². The van der Waals surface area contributed by atoms with E-state index in [0.29, 0.717) is 19.2 Å². The molecule has 2 aromatic heterocycles. The van der Waals surface area contributed by atoms with Crippen molar-refractivity contribution in [3.8, 4) is 0 Å². The van der Waals surface area contributed by atoms with E-state index < -0.39 is 34.8 Å². The predicted molar refractivity (Wildman–Crippen MR) is 109 cm³/mol. The topological polar surface area (TPSA) is 96.4 Å². The molecule has 2 aliphatic rings. The van der Waals surface area contributed by atoms with Crippen molar-refractivity contribution >= 4 is 28.5 Å². The third-order valence-electron chi connectivity index (χ3n) is 5.83. The number of amides is 1. The second-order valence-electron chi connectivity index (χ2n) is 7.96. The predicted octanol–water partition coefficient (Wildman–Crippen LogP) is 2.21. The number of aromatic nitrogens is 3. The van der Waals surface area contributed by atoms with Crippen LogP contribution >= 0.6 is 0 Å². The van der Waals surface area contributed by atoms with E-state index in [2.05, 4.69) is 15.0 Å². The first kappa shape index (κ1) is 21.1. The van der Waals surface area contributed by atoms with Crippen molar-refractivity contribution in [1.29, 1.82) is 0 Å². The number of pyridine rings is 1. The third-order valence-corrected chi connectivity index (χ3v) is 5.83. The third kappa shape index (κ3) is 3.44. The van der Waals surface area contributed by atoms with Crippen LogP contribution in [0.2, 0.25) is 0 Å². The number of fused-ring (bicyclic) bond motifs is 3. The zero-order valence-electron chi connectivity index (χ0n) is 17.3. The van der Waals surface area contributed by atoms with Gasteiger partial charge in [-0.2, -0.15) is 13.2 Å². The molecule has 5 rings (SSSR count). The van der Waals surface area contributed by atoms with E-state index in [1.54, 1.807) is 0 Å². The summed E-state index contributed by atoms with van der Waals surface area (Å²) in [6.07, 6.45) is -3.48. The lowest BCUT2D eigenvalue weighted by atomic mass is 9.93. The van der Waals surface area contributed by atoms with Gasteiger partial charge in [0.15, 0.2) is 0 Å². The van der Waals surface area contributed by atoms with E-state index >= 15 is 0 Å². The summed E-state index contributed by atoms with van der Waals surface area (Å²) in [7, 11) is 1.86. The highest BCUT2D eigenvalue weighted by Gasteiger charge is 2.39. The Morgan fingerprint density at radius 3 is 2.24 bits per heavy atom. The maximum Gasteiger partial charge on any atom is 0.417 e. The molecule has 0 unspecified atom stereocenters. The molecule has 33 heavy (non-hydrogen) atoms. The van der Waals surface area contributed by atoms with Gasteiger partial charge in [-0.05, 0) is 31.3 Å². The van der Waals surface area contributed by atoms with Gasteiger partial charge in [0, 0.05) is 32.4 Å². The van der Waals surface area contributed by atoms with Crippen LogP contribution in [0.15, 0.2) is 30.5 Å². The number of alkyl halides is 3.